The van der Waals surface area contributed by atoms with Gasteiger partial charge in [0.2, 0.25) is 0 Å². The van der Waals surface area contributed by atoms with Gasteiger partial charge in [0.25, 0.3) is 10.1 Å². The molecule has 0 amide bonds. The molecule has 1 saturated heterocycles. The average molecular weight is 350 g/mol. The third-order valence-electron chi connectivity index (χ3n) is 2.99. The van der Waals surface area contributed by atoms with Crippen LogP contribution in [0.25, 0.3) is 0 Å². The molecule has 1 aliphatic rings. The van der Waals surface area contributed by atoms with Crippen LogP contribution in [0.3, 0.4) is 0 Å². The molecule has 0 saturated carbocycles. The highest BCUT2D eigenvalue weighted by Gasteiger charge is 2.22. The molecule has 1 fully saturated rings. The number of nitrogens with zero attached hydrogens (tertiary/aromatic N) is 2. The number of carboxylic acids is 1. The van der Waals surface area contributed by atoms with Crippen LogP contribution < -0.4 is 5.43 Å². The molecule has 1 aromatic rings. The van der Waals surface area contributed by atoms with Crippen LogP contribution >= 0.6 is 0 Å². The van der Waals surface area contributed by atoms with Gasteiger partial charge < -0.3 is 14.8 Å². The zero-order chi connectivity index (χ0) is 17.3. The maximum atomic E-state index is 11.1. The van der Waals surface area contributed by atoms with Crippen molar-refractivity contribution in [2.45, 2.75) is 19.4 Å². The lowest BCUT2D eigenvalue weighted by Gasteiger charge is -2.29. The fraction of sp³-hybridized carbons (Fsp3) is 0.667. The Balaban J connectivity index is 0.000000379. The molecule has 0 unspecified atom stereocenters. The Bertz CT molecular complexity index is 556. The van der Waals surface area contributed by atoms with Crippen molar-refractivity contribution in [2.75, 3.05) is 32.1 Å². The van der Waals surface area contributed by atoms with Crippen LogP contribution in [0.1, 0.15) is 12.6 Å². The molecular formula is C12H22N4O6S. The lowest BCUT2D eigenvalue weighted by Crippen LogP contribution is -2.53. The first-order valence-corrected chi connectivity index (χ1v) is 8.66. The number of rotatable bonds is 6. The Morgan fingerprint density at radius 3 is 2.57 bits per heavy atom. The van der Waals surface area contributed by atoms with Gasteiger partial charge in [-0.25, -0.2) is 15.4 Å². The predicted molar refractivity (Wildman–Crippen MR) is 81.3 cm³/mol. The summed E-state index contributed by atoms with van der Waals surface area (Å²) in [6.45, 7) is 4.03. The minimum Gasteiger partial charge on any atom is -0.480 e. The zero-order valence-corrected chi connectivity index (χ0v) is 13.6. The predicted octanol–water partition coefficient (Wildman–Crippen LogP) is -0.864. The number of hydrogen-bond acceptors (Lipinski definition) is 7. The quantitative estimate of drug-likeness (QED) is 0.481. The fourth-order valence-electron chi connectivity index (χ4n) is 1.72. The van der Waals surface area contributed by atoms with E-state index < -0.39 is 22.1 Å². The molecule has 4 N–H and O–H groups in total. The third-order valence-corrected chi connectivity index (χ3v) is 3.72. The molecule has 132 valence electrons. The number of carboxylic acid groups (broad SMARTS) is 1. The summed E-state index contributed by atoms with van der Waals surface area (Å²) in [5.74, 6) is -1.07. The maximum absolute atomic E-state index is 11.1. The molecule has 10 nitrogen and oxygen atoms in total. The van der Waals surface area contributed by atoms with E-state index in [1.54, 1.807) is 12.5 Å². The molecule has 23 heavy (non-hydrogen) atoms. The molecule has 2 rings (SSSR count). The Morgan fingerprint density at radius 1 is 1.52 bits per heavy atom. The van der Waals surface area contributed by atoms with E-state index in [9.17, 15) is 13.2 Å². The lowest BCUT2D eigenvalue weighted by molar-refractivity contribution is -0.141. The number of hydrogen-bond donors (Lipinski definition) is 4. The number of aromatic amines is 1. The standard InChI is InChI=1S/C10H16N4O3.C2H6O3S/c15-10(16)9(5-8-6-11-7-12-8)13-14-1-3-17-4-2-14;1-2-6(3,4)5/h6-7,9,13H,1-5H2,(H,11,12)(H,15,16);2H2,1H3,(H,3,4,5)/t9-;/m0./s1. The SMILES string of the molecule is CCS(=O)(=O)O.O=C(O)[C@H](Cc1cnc[nH]1)NN1CCOCC1. The number of imidazole rings is 1. The summed E-state index contributed by atoms with van der Waals surface area (Å²) in [5.41, 5.74) is 3.80. The van der Waals surface area contributed by atoms with Gasteiger partial charge in [-0.3, -0.25) is 9.35 Å². The molecule has 11 heteroatoms. The Kier molecular flexibility index (Phi) is 8.12. The van der Waals surface area contributed by atoms with E-state index in [0.29, 0.717) is 32.7 Å². The van der Waals surface area contributed by atoms with Gasteiger partial charge in [0.1, 0.15) is 6.04 Å². The van der Waals surface area contributed by atoms with Crippen molar-refractivity contribution in [2.24, 2.45) is 0 Å². The first-order valence-electron chi connectivity index (χ1n) is 7.06. The summed E-state index contributed by atoms with van der Waals surface area (Å²) in [5, 5.41) is 11.0. The zero-order valence-electron chi connectivity index (χ0n) is 12.8. The smallest absolute Gasteiger partial charge is 0.322 e. The fourth-order valence-corrected chi connectivity index (χ4v) is 1.72. The number of aliphatic carboxylic acids is 1. The number of carbonyl (C=O) groups is 1. The van der Waals surface area contributed by atoms with Crippen LogP contribution in [0.4, 0.5) is 0 Å². The van der Waals surface area contributed by atoms with Gasteiger partial charge in [-0.1, -0.05) is 0 Å². The molecule has 0 spiro atoms. The van der Waals surface area contributed by atoms with Gasteiger partial charge in [-0.15, -0.1) is 0 Å². The highest BCUT2D eigenvalue weighted by Crippen LogP contribution is 2.01. The normalized spacial score (nSPS) is 17.1. The van der Waals surface area contributed by atoms with E-state index in [1.165, 1.54) is 6.92 Å². The van der Waals surface area contributed by atoms with Gasteiger partial charge in [0.15, 0.2) is 0 Å². The second kappa shape index (κ2) is 9.57. The van der Waals surface area contributed by atoms with Gasteiger partial charge >= 0.3 is 5.97 Å². The van der Waals surface area contributed by atoms with Gasteiger partial charge in [0.05, 0.1) is 25.3 Å². The second-order valence-electron chi connectivity index (χ2n) is 4.77. The summed E-state index contributed by atoms with van der Waals surface area (Å²) in [6, 6.07) is -0.645. The average Bonchev–Trinajstić information content (AvgIpc) is 3.00. The summed E-state index contributed by atoms with van der Waals surface area (Å²) in [7, 11) is -3.66. The number of morpholine rings is 1. The van der Waals surface area contributed by atoms with E-state index >= 15 is 0 Å². The molecule has 0 aromatic carbocycles. The largest absolute Gasteiger partial charge is 0.480 e. The minimum absolute atomic E-state index is 0.201. The maximum Gasteiger partial charge on any atom is 0.322 e. The van der Waals surface area contributed by atoms with Crippen LogP contribution in [0.5, 0.6) is 0 Å². The third kappa shape index (κ3) is 8.62. The monoisotopic (exact) mass is 350 g/mol. The van der Waals surface area contributed by atoms with Crippen LogP contribution in [-0.2, 0) is 26.1 Å². The molecule has 1 aliphatic heterocycles. The Morgan fingerprint density at radius 2 is 2.13 bits per heavy atom. The summed E-state index contributed by atoms with van der Waals surface area (Å²) < 4.78 is 32.1. The van der Waals surface area contributed by atoms with E-state index in [2.05, 4.69) is 15.4 Å². The van der Waals surface area contributed by atoms with E-state index in [1.807, 2.05) is 5.01 Å². The van der Waals surface area contributed by atoms with Crippen LogP contribution in [-0.4, -0.2) is 77.1 Å². The van der Waals surface area contributed by atoms with Crippen molar-refractivity contribution < 1.29 is 27.6 Å². The van der Waals surface area contributed by atoms with E-state index in [0.717, 1.165) is 5.69 Å². The molecule has 2 heterocycles. The molecule has 1 aromatic heterocycles. The summed E-state index contributed by atoms with van der Waals surface area (Å²) in [6.07, 6.45) is 3.56. The molecule has 0 bridgehead atoms. The van der Waals surface area contributed by atoms with Crippen molar-refractivity contribution in [1.82, 2.24) is 20.4 Å². The lowest BCUT2D eigenvalue weighted by atomic mass is 10.2. The second-order valence-corrected chi connectivity index (χ2v) is 6.51. The highest BCUT2D eigenvalue weighted by molar-refractivity contribution is 7.85. The van der Waals surface area contributed by atoms with Crippen molar-refractivity contribution in [3.05, 3.63) is 18.2 Å². The minimum atomic E-state index is -3.66. The van der Waals surface area contributed by atoms with Crippen LogP contribution in [0.15, 0.2) is 12.5 Å². The van der Waals surface area contributed by atoms with Crippen molar-refractivity contribution in [3.63, 3.8) is 0 Å². The first kappa shape index (κ1) is 19.5. The summed E-state index contributed by atoms with van der Waals surface area (Å²) in [4.78, 5) is 17.9. The van der Waals surface area contributed by atoms with Crippen LogP contribution in [0, 0.1) is 0 Å². The summed E-state index contributed by atoms with van der Waals surface area (Å²) >= 11 is 0. The number of nitrogens with one attached hydrogen (secondary N) is 2. The molecule has 0 radical (unpaired) electrons. The number of H-pyrrole nitrogens is 1. The number of aromatic nitrogens is 2. The van der Waals surface area contributed by atoms with Gasteiger partial charge in [0, 0.05) is 31.4 Å². The highest BCUT2D eigenvalue weighted by atomic mass is 32.2. The molecular weight excluding hydrogens is 328 g/mol. The van der Waals surface area contributed by atoms with E-state index in [-0.39, 0.29) is 5.75 Å². The van der Waals surface area contributed by atoms with Gasteiger partial charge in [-0.2, -0.15) is 8.42 Å². The Labute approximate surface area is 134 Å². The molecule has 0 aliphatic carbocycles. The first-order chi connectivity index (χ1) is 10.8. The topological polar surface area (TPSA) is 145 Å². The molecule has 1 atom stereocenters. The van der Waals surface area contributed by atoms with Gasteiger partial charge in [-0.05, 0) is 6.92 Å². The van der Waals surface area contributed by atoms with Crippen molar-refractivity contribution in [3.8, 4) is 0 Å². The van der Waals surface area contributed by atoms with Crippen molar-refractivity contribution in [1.29, 1.82) is 0 Å². The number of ether oxygens (including phenoxy) is 1. The van der Waals surface area contributed by atoms with E-state index in [4.69, 9.17) is 14.4 Å². The van der Waals surface area contributed by atoms with Crippen LogP contribution in [0.2, 0.25) is 0 Å². The Hall–Kier alpha value is -1.53. The number of hydrazine groups is 1. The van der Waals surface area contributed by atoms with Crippen molar-refractivity contribution >= 4 is 16.1 Å².